The smallest absolute Gasteiger partial charge is 0.246 e. The molecule has 3 rings (SSSR count). The van der Waals surface area contributed by atoms with Crippen LogP contribution >= 0.6 is 11.3 Å². The molecule has 1 unspecified atom stereocenters. The molecule has 0 saturated heterocycles. The van der Waals surface area contributed by atoms with Crippen LogP contribution in [-0.2, 0) is 21.4 Å². The fraction of sp³-hybridized carbons (Fsp3) is 0.278. The highest BCUT2D eigenvalue weighted by molar-refractivity contribution is 7.92. The van der Waals surface area contributed by atoms with Gasteiger partial charge in [0.2, 0.25) is 27.6 Å². The first-order valence-corrected chi connectivity index (χ1v) is 11.4. The van der Waals surface area contributed by atoms with Gasteiger partial charge in [-0.25, -0.2) is 17.2 Å². The summed E-state index contributed by atoms with van der Waals surface area (Å²) in [4.78, 5) is 19.1. The number of thiophene rings is 1. The molecule has 1 amide bonds. The van der Waals surface area contributed by atoms with E-state index in [0.29, 0.717) is 5.82 Å². The number of halogens is 2. The third-order valence-electron chi connectivity index (χ3n) is 4.18. The summed E-state index contributed by atoms with van der Waals surface area (Å²) in [6, 6.07) is 5.05. The van der Waals surface area contributed by atoms with Gasteiger partial charge in [0.05, 0.1) is 23.4 Å². The van der Waals surface area contributed by atoms with Gasteiger partial charge in [-0.05, 0) is 30.5 Å². The van der Waals surface area contributed by atoms with Crippen molar-refractivity contribution >= 4 is 33.0 Å². The third-order valence-corrected chi connectivity index (χ3v) is 6.29. The number of likely N-dealkylation sites (N-methyl/N-ethyl adjacent to an activating group) is 1. The Labute approximate surface area is 175 Å². The summed E-state index contributed by atoms with van der Waals surface area (Å²) in [6.07, 6.45) is 0.878. The molecule has 12 heteroatoms. The van der Waals surface area contributed by atoms with Crippen LogP contribution in [0.25, 0.3) is 10.7 Å². The fourth-order valence-electron chi connectivity index (χ4n) is 2.85. The lowest BCUT2D eigenvalue weighted by Gasteiger charge is -2.30. The molecule has 0 radical (unpaired) electrons. The van der Waals surface area contributed by atoms with Crippen molar-refractivity contribution in [1.29, 1.82) is 0 Å². The highest BCUT2D eigenvalue weighted by Gasteiger charge is 2.32. The highest BCUT2D eigenvalue weighted by atomic mass is 32.2. The Hall–Kier alpha value is -2.86. The van der Waals surface area contributed by atoms with E-state index in [4.69, 9.17) is 4.52 Å². The van der Waals surface area contributed by atoms with Crippen LogP contribution in [0.3, 0.4) is 0 Å². The molecule has 0 aliphatic carbocycles. The number of carbonyl (C=O) groups is 1. The van der Waals surface area contributed by atoms with Crippen molar-refractivity contribution in [2.45, 2.75) is 19.5 Å². The Morgan fingerprint density at radius 2 is 2.00 bits per heavy atom. The minimum atomic E-state index is -3.98. The molecule has 8 nitrogen and oxygen atoms in total. The van der Waals surface area contributed by atoms with E-state index in [0.717, 1.165) is 33.6 Å². The van der Waals surface area contributed by atoms with E-state index in [1.165, 1.54) is 30.2 Å². The average Bonchev–Trinajstić information content (AvgIpc) is 3.34. The minimum absolute atomic E-state index is 0.0586. The zero-order valence-electron chi connectivity index (χ0n) is 16.2. The van der Waals surface area contributed by atoms with Gasteiger partial charge in [-0.15, -0.1) is 11.3 Å². The number of aromatic nitrogens is 2. The Morgan fingerprint density at radius 3 is 2.60 bits per heavy atom. The van der Waals surface area contributed by atoms with Gasteiger partial charge in [0, 0.05) is 13.1 Å². The Morgan fingerprint density at radius 1 is 1.27 bits per heavy atom. The van der Waals surface area contributed by atoms with Gasteiger partial charge in [0.1, 0.15) is 6.04 Å². The second-order valence-electron chi connectivity index (χ2n) is 6.52. The zero-order chi connectivity index (χ0) is 22.1. The number of amides is 1. The van der Waals surface area contributed by atoms with E-state index in [1.54, 1.807) is 0 Å². The van der Waals surface area contributed by atoms with Gasteiger partial charge >= 0.3 is 0 Å². The average molecular weight is 456 g/mol. The predicted octanol–water partition coefficient (Wildman–Crippen LogP) is 2.89. The Kier molecular flexibility index (Phi) is 6.17. The van der Waals surface area contributed by atoms with Crippen molar-refractivity contribution in [2.75, 3.05) is 17.6 Å². The maximum Gasteiger partial charge on any atom is 0.246 e. The van der Waals surface area contributed by atoms with Crippen LogP contribution in [0.4, 0.5) is 14.5 Å². The maximum absolute atomic E-state index is 13.6. The number of benzene rings is 1. The molecule has 30 heavy (non-hydrogen) atoms. The van der Waals surface area contributed by atoms with Crippen molar-refractivity contribution in [1.82, 2.24) is 15.0 Å². The lowest BCUT2D eigenvalue weighted by Crippen LogP contribution is -2.48. The summed E-state index contributed by atoms with van der Waals surface area (Å²) in [5.41, 5.74) is -0.163. The molecule has 3 aromatic rings. The molecular weight excluding hydrogens is 438 g/mol. The van der Waals surface area contributed by atoms with E-state index < -0.39 is 33.6 Å². The molecular formula is C18H18F2N4O4S2. The van der Waals surface area contributed by atoms with E-state index in [2.05, 4.69) is 10.1 Å². The summed E-state index contributed by atoms with van der Waals surface area (Å²) in [5, 5.41) is 5.72. The molecule has 0 N–H and O–H groups in total. The van der Waals surface area contributed by atoms with Crippen molar-refractivity contribution in [3.8, 4) is 10.7 Å². The van der Waals surface area contributed by atoms with E-state index in [-0.39, 0.29) is 18.1 Å². The SMILES string of the molecule is CC(C(=O)N(C)Cc1nc(-c2cccs2)no1)N(c1ccc(F)c(F)c1)S(C)(=O)=O. The quantitative estimate of drug-likeness (QED) is 0.542. The zero-order valence-corrected chi connectivity index (χ0v) is 17.9. The summed E-state index contributed by atoms with van der Waals surface area (Å²) in [6.45, 7) is 1.29. The molecule has 0 bridgehead atoms. The lowest BCUT2D eigenvalue weighted by atomic mass is 10.2. The lowest BCUT2D eigenvalue weighted by molar-refractivity contribution is -0.131. The van der Waals surface area contributed by atoms with Crippen LogP contribution in [0.15, 0.2) is 40.2 Å². The van der Waals surface area contributed by atoms with E-state index in [1.807, 2.05) is 17.5 Å². The number of rotatable bonds is 7. The number of nitrogens with zero attached hydrogens (tertiary/aromatic N) is 4. The molecule has 160 valence electrons. The van der Waals surface area contributed by atoms with Crippen LogP contribution in [0.5, 0.6) is 0 Å². The normalized spacial score (nSPS) is 12.6. The minimum Gasteiger partial charge on any atom is -0.337 e. The van der Waals surface area contributed by atoms with Crippen LogP contribution in [-0.4, -0.2) is 48.7 Å². The largest absolute Gasteiger partial charge is 0.337 e. The predicted molar refractivity (Wildman–Crippen MR) is 107 cm³/mol. The van der Waals surface area contributed by atoms with E-state index >= 15 is 0 Å². The summed E-state index contributed by atoms with van der Waals surface area (Å²) >= 11 is 1.43. The molecule has 0 saturated carbocycles. The van der Waals surface area contributed by atoms with E-state index in [9.17, 15) is 22.0 Å². The van der Waals surface area contributed by atoms with Crippen LogP contribution < -0.4 is 4.31 Å². The van der Waals surface area contributed by atoms with Crippen molar-refractivity contribution in [2.24, 2.45) is 0 Å². The monoisotopic (exact) mass is 456 g/mol. The van der Waals surface area contributed by atoms with Gasteiger partial charge in [-0.1, -0.05) is 11.2 Å². The van der Waals surface area contributed by atoms with Crippen LogP contribution in [0, 0.1) is 11.6 Å². The first kappa shape index (κ1) is 21.8. The van der Waals surface area contributed by atoms with Crippen LogP contribution in [0.2, 0.25) is 0 Å². The summed E-state index contributed by atoms with van der Waals surface area (Å²) < 4.78 is 57.4. The van der Waals surface area contributed by atoms with Crippen molar-refractivity contribution in [3.05, 3.63) is 53.2 Å². The molecule has 0 aliphatic heterocycles. The number of anilines is 1. The summed E-state index contributed by atoms with van der Waals surface area (Å²) in [7, 11) is -2.53. The van der Waals surface area contributed by atoms with Crippen molar-refractivity contribution < 1.29 is 26.5 Å². The van der Waals surface area contributed by atoms with Crippen LogP contribution in [0.1, 0.15) is 12.8 Å². The molecule has 2 aromatic heterocycles. The molecule has 0 fully saturated rings. The standard InChI is InChI=1S/C18H18F2N4O4S2/c1-11(24(30(3,26)27)12-6-7-13(19)14(20)9-12)18(25)23(2)10-16-21-17(22-28-16)15-5-4-8-29-15/h4-9,11H,10H2,1-3H3. The molecule has 1 atom stereocenters. The Bertz CT molecular complexity index is 1150. The van der Waals surface area contributed by atoms with Crippen molar-refractivity contribution in [3.63, 3.8) is 0 Å². The highest BCUT2D eigenvalue weighted by Crippen LogP contribution is 2.25. The molecule has 2 heterocycles. The number of hydrogen-bond acceptors (Lipinski definition) is 7. The van der Waals surface area contributed by atoms with Gasteiger partial charge in [-0.3, -0.25) is 9.10 Å². The second kappa shape index (κ2) is 8.48. The Balaban J connectivity index is 1.80. The molecule has 1 aromatic carbocycles. The van der Waals surface area contributed by atoms with Gasteiger partial charge in [0.25, 0.3) is 0 Å². The van der Waals surface area contributed by atoms with Gasteiger partial charge < -0.3 is 9.42 Å². The molecule has 0 spiro atoms. The fourth-order valence-corrected chi connectivity index (χ4v) is 4.66. The first-order valence-electron chi connectivity index (χ1n) is 8.64. The first-order chi connectivity index (χ1) is 14.1. The summed E-state index contributed by atoms with van der Waals surface area (Å²) in [5.74, 6) is -2.39. The second-order valence-corrected chi connectivity index (χ2v) is 9.32. The topological polar surface area (TPSA) is 96.6 Å². The maximum atomic E-state index is 13.6. The number of hydrogen-bond donors (Lipinski definition) is 0. The number of carbonyl (C=O) groups excluding carboxylic acids is 1. The van der Waals surface area contributed by atoms with Gasteiger partial charge in [0.15, 0.2) is 11.6 Å². The molecule has 0 aliphatic rings. The third kappa shape index (κ3) is 4.65. The number of sulfonamides is 1. The van der Waals surface area contributed by atoms with Gasteiger partial charge in [-0.2, -0.15) is 4.98 Å².